The van der Waals surface area contributed by atoms with Gasteiger partial charge < -0.3 is 14.8 Å². The van der Waals surface area contributed by atoms with Crippen LogP contribution in [0.4, 0.5) is 0 Å². The Kier molecular flexibility index (Phi) is 6.30. The largest absolute Gasteiger partial charge is 0.464 e. The molecule has 8 heteroatoms. The number of carbonyl (C=O) groups is 3. The van der Waals surface area contributed by atoms with Crippen LogP contribution < -0.4 is 10.1 Å². The van der Waals surface area contributed by atoms with Gasteiger partial charge in [-0.1, -0.05) is 18.5 Å². The number of nitrogens with one attached hydrogen (secondary N) is 1. The molecule has 0 saturated heterocycles. The van der Waals surface area contributed by atoms with Crippen LogP contribution in [-0.2, 0) is 19.1 Å². The van der Waals surface area contributed by atoms with Gasteiger partial charge in [-0.2, -0.15) is 0 Å². The average molecular weight is 329 g/mol. The van der Waals surface area contributed by atoms with Crippen LogP contribution in [0.1, 0.15) is 27.2 Å². The Balaban J connectivity index is 3.07. The molecule has 0 aromatic carbocycles. The van der Waals surface area contributed by atoms with Crippen molar-refractivity contribution in [1.29, 1.82) is 0 Å². The Bertz CT molecular complexity index is 561. The van der Waals surface area contributed by atoms with Gasteiger partial charge in [0, 0.05) is 19.2 Å². The number of halogens is 1. The summed E-state index contributed by atoms with van der Waals surface area (Å²) >= 11 is 5.69. The summed E-state index contributed by atoms with van der Waals surface area (Å²) in [4.78, 5) is 39.7. The van der Waals surface area contributed by atoms with Crippen molar-refractivity contribution in [2.24, 2.45) is 0 Å². The lowest BCUT2D eigenvalue weighted by Crippen LogP contribution is -2.61. The molecule has 1 amide bonds. The first-order chi connectivity index (χ1) is 10.4. The molecule has 1 N–H and O–H groups in total. The minimum Gasteiger partial charge on any atom is -0.464 e. The summed E-state index contributed by atoms with van der Waals surface area (Å²) in [6, 6.07) is 2.85. The number of carbonyl (C=O) groups excluding carboxylic acids is 3. The molecule has 1 aromatic rings. The van der Waals surface area contributed by atoms with E-state index in [1.165, 1.54) is 25.3 Å². The van der Waals surface area contributed by atoms with E-state index in [9.17, 15) is 14.4 Å². The van der Waals surface area contributed by atoms with Gasteiger partial charge in [-0.05, 0) is 19.4 Å². The Morgan fingerprint density at radius 2 is 1.95 bits per heavy atom. The summed E-state index contributed by atoms with van der Waals surface area (Å²) in [5, 5.41) is 2.69. The first kappa shape index (κ1) is 17.9. The van der Waals surface area contributed by atoms with Gasteiger partial charge in [0.2, 0.25) is 17.3 Å². The summed E-state index contributed by atoms with van der Waals surface area (Å²) in [6.07, 6.45) is 1.26. The smallest absolute Gasteiger partial charge is 0.350 e. The number of aromatic nitrogens is 1. The van der Waals surface area contributed by atoms with E-state index in [2.05, 4.69) is 10.3 Å². The van der Waals surface area contributed by atoms with Crippen LogP contribution in [-0.4, -0.2) is 35.0 Å². The van der Waals surface area contributed by atoms with Crippen molar-refractivity contribution < 1.29 is 23.9 Å². The summed E-state index contributed by atoms with van der Waals surface area (Å²) in [5.41, 5.74) is -1.91. The first-order valence-corrected chi connectivity index (χ1v) is 7.03. The molecule has 0 aliphatic heterocycles. The third kappa shape index (κ3) is 4.17. The molecular formula is C14H17ClN2O5. The molecule has 1 aromatic heterocycles. The number of esters is 2. The molecule has 1 heterocycles. The fourth-order valence-electron chi connectivity index (χ4n) is 1.72. The molecular weight excluding hydrogens is 312 g/mol. The van der Waals surface area contributed by atoms with Gasteiger partial charge in [-0.15, -0.1) is 0 Å². The van der Waals surface area contributed by atoms with Gasteiger partial charge in [0.25, 0.3) is 0 Å². The van der Waals surface area contributed by atoms with Crippen molar-refractivity contribution >= 4 is 29.4 Å². The maximum absolute atomic E-state index is 12.4. The Morgan fingerprint density at radius 1 is 1.27 bits per heavy atom. The summed E-state index contributed by atoms with van der Waals surface area (Å²) in [5.74, 6) is -2.46. The molecule has 0 aliphatic rings. The van der Waals surface area contributed by atoms with Crippen LogP contribution in [0.2, 0.25) is 5.02 Å². The molecule has 120 valence electrons. The summed E-state index contributed by atoms with van der Waals surface area (Å²) in [6.45, 7) is 4.41. The molecule has 1 atom stereocenters. The minimum absolute atomic E-state index is 0.0299. The van der Waals surface area contributed by atoms with E-state index in [4.69, 9.17) is 21.1 Å². The van der Waals surface area contributed by atoms with Crippen LogP contribution in [0.5, 0.6) is 5.88 Å². The van der Waals surface area contributed by atoms with Gasteiger partial charge in [0.1, 0.15) is 0 Å². The number of rotatable bonds is 6. The third-order valence-electron chi connectivity index (χ3n) is 2.79. The molecule has 22 heavy (non-hydrogen) atoms. The van der Waals surface area contributed by atoms with E-state index in [-0.39, 0.29) is 18.9 Å². The highest BCUT2D eigenvalue weighted by molar-refractivity contribution is 6.30. The van der Waals surface area contributed by atoms with Crippen molar-refractivity contribution in [1.82, 2.24) is 10.3 Å². The van der Waals surface area contributed by atoms with Crippen LogP contribution >= 0.6 is 11.6 Å². The molecule has 0 radical (unpaired) electrons. The summed E-state index contributed by atoms with van der Waals surface area (Å²) < 4.78 is 9.95. The van der Waals surface area contributed by atoms with Gasteiger partial charge in [-0.3, -0.25) is 4.79 Å². The van der Waals surface area contributed by atoms with Crippen molar-refractivity contribution in [3.05, 3.63) is 23.4 Å². The molecule has 0 bridgehead atoms. The number of hydrogen-bond acceptors (Lipinski definition) is 6. The molecule has 7 nitrogen and oxygen atoms in total. The van der Waals surface area contributed by atoms with Crippen LogP contribution in [0.3, 0.4) is 0 Å². The quantitative estimate of drug-likeness (QED) is 0.628. The molecule has 0 fully saturated rings. The first-order valence-electron chi connectivity index (χ1n) is 6.65. The zero-order valence-corrected chi connectivity index (χ0v) is 13.3. The van der Waals surface area contributed by atoms with Gasteiger partial charge >= 0.3 is 11.9 Å². The molecule has 1 unspecified atom stereocenters. The second-order valence-electron chi connectivity index (χ2n) is 4.36. The summed E-state index contributed by atoms with van der Waals surface area (Å²) in [7, 11) is 0. The molecule has 0 spiro atoms. The third-order valence-corrected chi connectivity index (χ3v) is 3.01. The number of nitrogens with zero attached hydrogens (tertiary/aromatic N) is 1. The minimum atomic E-state index is -1.91. The highest BCUT2D eigenvalue weighted by Crippen LogP contribution is 2.19. The SMILES string of the molecule is CCOC(=O)C(CC)(NC(C)=O)C(=O)Oc1ccc(Cl)cn1. The maximum Gasteiger partial charge on any atom is 0.350 e. The second kappa shape index (κ2) is 7.74. The van der Waals surface area contributed by atoms with Crippen LogP contribution in [0.25, 0.3) is 0 Å². The number of pyridine rings is 1. The average Bonchev–Trinajstić information content (AvgIpc) is 2.47. The fourth-order valence-corrected chi connectivity index (χ4v) is 1.83. The van der Waals surface area contributed by atoms with Crippen molar-refractivity contribution in [3.63, 3.8) is 0 Å². The Hall–Kier alpha value is -2.15. The fraction of sp³-hybridized carbons (Fsp3) is 0.429. The lowest BCUT2D eigenvalue weighted by atomic mass is 9.96. The van der Waals surface area contributed by atoms with Gasteiger partial charge in [0.05, 0.1) is 11.6 Å². The second-order valence-corrected chi connectivity index (χ2v) is 4.80. The van der Waals surface area contributed by atoms with E-state index in [0.717, 1.165) is 0 Å². The number of amides is 1. The lowest BCUT2D eigenvalue weighted by molar-refractivity contribution is -0.163. The van der Waals surface area contributed by atoms with E-state index >= 15 is 0 Å². The zero-order valence-electron chi connectivity index (χ0n) is 12.5. The van der Waals surface area contributed by atoms with E-state index < -0.39 is 23.4 Å². The van der Waals surface area contributed by atoms with Crippen molar-refractivity contribution in [3.8, 4) is 5.88 Å². The zero-order chi connectivity index (χ0) is 16.8. The van der Waals surface area contributed by atoms with E-state index in [1.807, 2.05) is 0 Å². The highest BCUT2D eigenvalue weighted by atomic mass is 35.5. The monoisotopic (exact) mass is 328 g/mol. The topological polar surface area (TPSA) is 94.6 Å². The maximum atomic E-state index is 12.4. The van der Waals surface area contributed by atoms with Crippen molar-refractivity contribution in [2.75, 3.05) is 6.61 Å². The lowest BCUT2D eigenvalue weighted by Gasteiger charge is -2.28. The Labute approximate surface area is 133 Å². The Morgan fingerprint density at radius 3 is 2.41 bits per heavy atom. The number of ether oxygens (including phenoxy) is 2. The van der Waals surface area contributed by atoms with Gasteiger partial charge in [-0.25, -0.2) is 14.6 Å². The van der Waals surface area contributed by atoms with Gasteiger partial charge in [0.15, 0.2) is 0 Å². The predicted molar refractivity (Wildman–Crippen MR) is 78.4 cm³/mol. The van der Waals surface area contributed by atoms with E-state index in [0.29, 0.717) is 5.02 Å². The standard InChI is InChI=1S/C14H17ClN2O5/c1-4-14(17-9(3)18,12(19)21-5-2)13(20)22-11-7-6-10(15)8-16-11/h6-8H,4-5H2,1-3H3,(H,17,18). The normalized spacial score (nSPS) is 12.9. The molecule has 0 saturated carbocycles. The van der Waals surface area contributed by atoms with Crippen molar-refractivity contribution in [2.45, 2.75) is 32.7 Å². The molecule has 1 rings (SSSR count). The molecule has 0 aliphatic carbocycles. The highest BCUT2D eigenvalue weighted by Gasteiger charge is 2.49. The van der Waals surface area contributed by atoms with Crippen LogP contribution in [0, 0.1) is 0 Å². The van der Waals surface area contributed by atoms with E-state index in [1.54, 1.807) is 13.8 Å². The number of hydrogen-bond donors (Lipinski definition) is 1. The predicted octanol–water partition coefficient (Wildman–Crippen LogP) is 1.49. The van der Waals surface area contributed by atoms with Crippen LogP contribution in [0.15, 0.2) is 18.3 Å².